The average Bonchev–Trinajstić information content (AvgIpc) is 3.35. The Labute approximate surface area is 138 Å². The van der Waals surface area contributed by atoms with Crippen LogP contribution in [-0.4, -0.2) is 31.9 Å². The average molecular weight is 318 g/mol. The van der Waals surface area contributed by atoms with Gasteiger partial charge in [0.05, 0.1) is 25.9 Å². The van der Waals surface area contributed by atoms with Crippen LogP contribution >= 0.6 is 0 Å². The molecule has 4 heteroatoms. The molecule has 1 aromatic carbocycles. The maximum absolute atomic E-state index is 11.3. The van der Waals surface area contributed by atoms with Gasteiger partial charge in [0.15, 0.2) is 0 Å². The van der Waals surface area contributed by atoms with Crippen molar-refractivity contribution in [2.24, 2.45) is 0 Å². The van der Waals surface area contributed by atoms with E-state index in [4.69, 9.17) is 14.2 Å². The van der Waals surface area contributed by atoms with E-state index in [1.165, 1.54) is 5.56 Å². The molecule has 2 atom stereocenters. The number of rotatable bonds is 9. The Bertz CT molecular complexity index is 546. The van der Waals surface area contributed by atoms with Crippen LogP contribution in [0.15, 0.2) is 24.3 Å². The molecule has 0 radical (unpaired) electrons. The van der Waals surface area contributed by atoms with E-state index in [1.54, 1.807) is 0 Å². The molecule has 1 aromatic rings. The summed E-state index contributed by atoms with van der Waals surface area (Å²) in [5, 5.41) is 0. The molecule has 1 unspecified atom stereocenters. The van der Waals surface area contributed by atoms with Crippen LogP contribution in [0.4, 0.5) is 0 Å². The third kappa shape index (κ3) is 6.16. The first kappa shape index (κ1) is 17.7. The molecule has 23 heavy (non-hydrogen) atoms. The summed E-state index contributed by atoms with van der Waals surface area (Å²) in [6.07, 6.45) is 5.45. The minimum Gasteiger partial charge on any atom is -0.466 e. The highest BCUT2D eigenvalue weighted by atomic mass is 16.6. The van der Waals surface area contributed by atoms with Gasteiger partial charge in [0.2, 0.25) is 0 Å². The van der Waals surface area contributed by atoms with E-state index in [9.17, 15) is 4.79 Å². The standard InChI is InChI=1S/C19H26O4/c1-4-21-19(20)8-6-5-7-16-10-9-14(2)11-18(16)15(3)22-12-17-13-23-17/h5,7,9-11,15,17H,4,6,8,12-13H2,1-3H3/b7-5+/t15-,17?/m1/s1. The van der Waals surface area contributed by atoms with Gasteiger partial charge in [-0.2, -0.15) is 0 Å². The highest BCUT2D eigenvalue weighted by Gasteiger charge is 2.24. The fraction of sp³-hybridized carbons (Fsp3) is 0.526. The van der Waals surface area contributed by atoms with Crippen LogP contribution in [0.1, 0.15) is 49.5 Å². The van der Waals surface area contributed by atoms with Gasteiger partial charge in [-0.3, -0.25) is 4.79 Å². The number of esters is 1. The molecule has 4 nitrogen and oxygen atoms in total. The number of allylic oxidation sites excluding steroid dienone is 1. The SMILES string of the molecule is CCOC(=O)CC/C=C/c1ccc(C)cc1[C@@H](C)OCC1CO1. The van der Waals surface area contributed by atoms with Crippen molar-refractivity contribution < 1.29 is 19.0 Å². The molecule has 0 aliphatic carbocycles. The predicted molar refractivity (Wildman–Crippen MR) is 90.2 cm³/mol. The quantitative estimate of drug-likeness (QED) is 0.513. The molecule has 1 aliphatic heterocycles. The molecule has 0 N–H and O–H groups in total. The van der Waals surface area contributed by atoms with Gasteiger partial charge < -0.3 is 14.2 Å². The summed E-state index contributed by atoms with van der Waals surface area (Å²) in [5.74, 6) is -0.151. The molecule has 0 bridgehead atoms. The Morgan fingerprint density at radius 2 is 2.26 bits per heavy atom. The topological polar surface area (TPSA) is 48.1 Å². The molecule has 1 saturated heterocycles. The molecule has 1 aliphatic rings. The number of aryl methyl sites for hydroxylation is 1. The highest BCUT2D eigenvalue weighted by molar-refractivity contribution is 5.69. The minimum absolute atomic E-state index is 0.0174. The summed E-state index contributed by atoms with van der Waals surface area (Å²) in [6.45, 7) is 7.84. The second-order valence-corrected chi connectivity index (χ2v) is 5.81. The van der Waals surface area contributed by atoms with Crippen LogP contribution in [0.3, 0.4) is 0 Å². The van der Waals surface area contributed by atoms with Crippen molar-refractivity contribution in [3.63, 3.8) is 0 Å². The molecule has 1 heterocycles. The zero-order valence-electron chi connectivity index (χ0n) is 14.2. The first-order chi connectivity index (χ1) is 11.1. The Balaban J connectivity index is 1.95. The van der Waals surface area contributed by atoms with Crippen LogP contribution in [0.5, 0.6) is 0 Å². The monoisotopic (exact) mass is 318 g/mol. The summed E-state index contributed by atoms with van der Waals surface area (Å²) >= 11 is 0. The Hall–Kier alpha value is -1.65. The maximum Gasteiger partial charge on any atom is 0.306 e. The van der Waals surface area contributed by atoms with Crippen molar-refractivity contribution in [2.45, 2.75) is 45.8 Å². The van der Waals surface area contributed by atoms with Crippen molar-refractivity contribution in [1.82, 2.24) is 0 Å². The first-order valence-electron chi connectivity index (χ1n) is 8.26. The Morgan fingerprint density at radius 3 is 2.96 bits per heavy atom. The molecule has 0 aromatic heterocycles. The van der Waals surface area contributed by atoms with Gasteiger partial charge in [-0.1, -0.05) is 35.9 Å². The van der Waals surface area contributed by atoms with E-state index in [0.29, 0.717) is 26.1 Å². The number of hydrogen-bond acceptors (Lipinski definition) is 4. The van der Waals surface area contributed by atoms with Crippen LogP contribution in [0, 0.1) is 6.92 Å². The molecule has 1 fully saturated rings. The van der Waals surface area contributed by atoms with Gasteiger partial charge in [-0.05, 0) is 38.3 Å². The predicted octanol–water partition coefficient (Wildman–Crippen LogP) is 3.83. The lowest BCUT2D eigenvalue weighted by atomic mass is 9.99. The summed E-state index contributed by atoms with van der Waals surface area (Å²) in [5.41, 5.74) is 3.50. The summed E-state index contributed by atoms with van der Waals surface area (Å²) in [7, 11) is 0. The number of carbonyl (C=O) groups is 1. The van der Waals surface area contributed by atoms with E-state index >= 15 is 0 Å². The van der Waals surface area contributed by atoms with E-state index in [-0.39, 0.29) is 18.2 Å². The lowest BCUT2D eigenvalue weighted by Gasteiger charge is -2.16. The molecular formula is C19H26O4. The molecule has 2 rings (SSSR count). The van der Waals surface area contributed by atoms with Gasteiger partial charge in [0, 0.05) is 6.42 Å². The third-order valence-electron chi connectivity index (χ3n) is 3.73. The highest BCUT2D eigenvalue weighted by Crippen LogP contribution is 2.25. The van der Waals surface area contributed by atoms with Gasteiger partial charge in [0.25, 0.3) is 0 Å². The van der Waals surface area contributed by atoms with Crippen molar-refractivity contribution in [3.8, 4) is 0 Å². The zero-order chi connectivity index (χ0) is 16.7. The van der Waals surface area contributed by atoms with Gasteiger partial charge in [0.1, 0.15) is 6.10 Å². The molecule has 0 spiro atoms. The van der Waals surface area contributed by atoms with Crippen molar-refractivity contribution in [3.05, 3.63) is 41.0 Å². The number of epoxide rings is 1. The van der Waals surface area contributed by atoms with E-state index in [0.717, 1.165) is 17.7 Å². The van der Waals surface area contributed by atoms with Crippen molar-refractivity contribution in [1.29, 1.82) is 0 Å². The number of benzene rings is 1. The van der Waals surface area contributed by atoms with E-state index < -0.39 is 0 Å². The van der Waals surface area contributed by atoms with Gasteiger partial charge in [-0.25, -0.2) is 0 Å². The normalized spacial score (nSPS) is 18.1. The van der Waals surface area contributed by atoms with E-state index in [1.807, 2.05) is 13.0 Å². The first-order valence-corrected chi connectivity index (χ1v) is 8.26. The molecule has 126 valence electrons. The lowest BCUT2D eigenvalue weighted by molar-refractivity contribution is -0.142. The number of carbonyl (C=O) groups excluding carboxylic acids is 1. The summed E-state index contributed by atoms with van der Waals surface area (Å²) in [6, 6.07) is 6.34. The minimum atomic E-state index is -0.151. The van der Waals surface area contributed by atoms with Crippen LogP contribution < -0.4 is 0 Å². The van der Waals surface area contributed by atoms with Crippen LogP contribution in [0.2, 0.25) is 0 Å². The molecular weight excluding hydrogens is 292 g/mol. The van der Waals surface area contributed by atoms with Gasteiger partial charge in [-0.15, -0.1) is 0 Å². The smallest absolute Gasteiger partial charge is 0.306 e. The number of ether oxygens (including phenoxy) is 3. The second kappa shape index (κ2) is 8.85. The van der Waals surface area contributed by atoms with Crippen molar-refractivity contribution >= 4 is 12.0 Å². The lowest BCUT2D eigenvalue weighted by Crippen LogP contribution is -2.07. The fourth-order valence-electron chi connectivity index (χ4n) is 2.35. The Kier molecular flexibility index (Phi) is 6.81. The number of hydrogen-bond donors (Lipinski definition) is 0. The third-order valence-corrected chi connectivity index (χ3v) is 3.73. The summed E-state index contributed by atoms with van der Waals surface area (Å²) < 4.78 is 16.0. The zero-order valence-corrected chi connectivity index (χ0v) is 14.2. The van der Waals surface area contributed by atoms with Crippen LogP contribution in [0.25, 0.3) is 6.08 Å². The molecule has 0 amide bonds. The molecule has 0 saturated carbocycles. The van der Waals surface area contributed by atoms with Crippen LogP contribution in [-0.2, 0) is 19.0 Å². The maximum atomic E-state index is 11.3. The largest absolute Gasteiger partial charge is 0.466 e. The fourth-order valence-corrected chi connectivity index (χ4v) is 2.35. The Morgan fingerprint density at radius 1 is 1.48 bits per heavy atom. The second-order valence-electron chi connectivity index (χ2n) is 5.81. The van der Waals surface area contributed by atoms with Crippen molar-refractivity contribution in [2.75, 3.05) is 19.8 Å². The summed E-state index contributed by atoms with van der Waals surface area (Å²) in [4.78, 5) is 11.3. The van der Waals surface area contributed by atoms with E-state index in [2.05, 4.69) is 38.1 Å². The van der Waals surface area contributed by atoms with Gasteiger partial charge >= 0.3 is 5.97 Å².